The second-order valence-electron chi connectivity index (χ2n) is 6.13. The zero-order chi connectivity index (χ0) is 11.6. The van der Waals surface area contributed by atoms with Crippen molar-refractivity contribution in [1.82, 2.24) is 5.32 Å². The number of hydrogen-bond acceptors (Lipinski definition) is 2. The van der Waals surface area contributed by atoms with Gasteiger partial charge < -0.3 is 10.4 Å². The van der Waals surface area contributed by atoms with Crippen molar-refractivity contribution in [2.75, 3.05) is 6.61 Å². The highest BCUT2D eigenvalue weighted by atomic mass is 16.3. The van der Waals surface area contributed by atoms with Gasteiger partial charge in [-0.1, -0.05) is 39.0 Å². The molecule has 2 aliphatic carbocycles. The van der Waals surface area contributed by atoms with Crippen LogP contribution in [0.4, 0.5) is 0 Å². The van der Waals surface area contributed by atoms with Crippen LogP contribution in [0.15, 0.2) is 0 Å². The minimum absolute atomic E-state index is 0.0995. The van der Waals surface area contributed by atoms with E-state index in [1.807, 2.05) is 0 Å². The summed E-state index contributed by atoms with van der Waals surface area (Å²) >= 11 is 0. The monoisotopic (exact) mass is 225 g/mol. The topological polar surface area (TPSA) is 32.3 Å². The predicted molar refractivity (Wildman–Crippen MR) is 67.4 cm³/mol. The Bertz CT molecular complexity index is 219. The molecular weight excluding hydrogens is 198 g/mol. The number of nitrogens with one attached hydrogen (secondary N) is 1. The first-order valence-electron chi connectivity index (χ1n) is 7.05. The molecule has 2 unspecified atom stereocenters. The molecule has 2 heteroatoms. The number of rotatable bonds is 5. The molecule has 2 rings (SSSR count). The van der Waals surface area contributed by atoms with E-state index in [1.165, 1.54) is 32.1 Å². The second kappa shape index (κ2) is 5.05. The molecule has 94 valence electrons. The van der Waals surface area contributed by atoms with Crippen molar-refractivity contribution in [2.45, 2.75) is 70.4 Å². The molecule has 0 aromatic heterocycles. The Morgan fingerprint density at radius 1 is 1.19 bits per heavy atom. The molecule has 0 aromatic rings. The normalized spacial score (nSPS) is 28.7. The molecule has 2 atom stereocenters. The minimum Gasteiger partial charge on any atom is -0.394 e. The maximum Gasteiger partial charge on any atom is 0.0613 e. The molecule has 2 fully saturated rings. The van der Waals surface area contributed by atoms with Gasteiger partial charge in [0.15, 0.2) is 0 Å². The molecule has 2 nitrogen and oxygen atoms in total. The number of aliphatic hydroxyl groups excluding tert-OH is 1. The summed E-state index contributed by atoms with van der Waals surface area (Å²) in [4.78, 5) is 0. The first-order chi connectivity index (χ1) is 7.67. The van der Waals surface area contributed by atoms with E-state index < -0.39 is 0 Å². The highest BCUT2D eigenvalue weighted by molar-refractivity contribution is 5.03. The van der Waals surface area contributed by atoms with E-state index in [4.69, 9.17) is 0 Å². The van der Waals surface area contributed by atoms with Crippen LogP contribution in [0.3, 0.4) is 0 Å². The molecule has 2 N–H and O–H groups in total. The average molecular weight is 225 g/mol. The van der Waals surface area contributed by atoms with Gasteiger partial charge in [-0.25, -0.2) is 0 Å². The number of aliphatic hydroxyl groups is 1. The van der Waals surface area contributed by atoms with Crippen LogP contribution in [0.2, 0.25) is 0 Å². The van der Waals surface area contributed by atoms with Crippen molar-refractivity contribution < 1.29 is 5.11 Å². The fourth-order valence-electron chi connectivity index (χ4n) is 3.18. The van der Waals surface area contributed by atoms with Crippen LogP contribution in [-0.4, -0.2) is 23.3 Å². The summed E-state index contributed by atoms with van der Waals surface area (Å²) < 4.78 is 0. The molecule has 0 aliphatic heterocycles. The van der Waals surface area contributed by atoms with Crippen molar-refractivity contribution in [3.63, 3.8) is 0 Å². The van der Waals surface area contributed by atoms with Crippen LogP contribution in [0.5, 0.6) is 0 Å². The second-order valence-corrected chi connectivity index (χ2v) is 6.13. The summed E-state index contributed by atoms with van der Waals surface area (Å²) in [6, 6.07) is 0.553. The largest absolute Gasteiger partial charge is 0.394 e. The average Bonchev–Trinajstić information content (AvgIpc) is 3.09. The molecule has 0 saturated heterocycles. The maximum atomic E-state index is 9.34. The Balaban J connectivity index is 1.81. The van der Waals surface area contributed by atoms with Crippen molar-refractivity contribution >= 4 is 0 Å². The van der Waals surface area contributed by atoms with Gasteiger partial charge in [-0.05, 0) is 31.6 Å². The van der Waals surface area contributed by atoms with Gasteiger partial charge in [-0.2, -0.15) is 0 Å². The van der Waals surface area contributed by atoms with Crippen molar-refractivity contribution in [3.05, 3.63) is 0 Å². The van der Waals surface area contributed by atoms with Crippen molar-refractivity contribution in [2.24, 2.45) is 11.8 Å². The van der Waals surface area contributed by atoms with Gasteiger partial charge in [0.05, 0.1) is 6.61 Å². The fourth-order valence-corrected chi connectivity index (χ4v) is 3.18. The highest BCUT2D eigenvalue weighted by Gasteiger charge is 2.43. The zero-order valence-electron chi connectivity index (χ0n) is 10.8. The Morgan fingerprint density at radius 2 is 1.81 bits per heavy atom. The smallest absolute Gasteiger partial charge is 0.0613 e. The lowest BCUT2D eigenvalue weighted by molar-refractivity contribution is 0.173. The Labute approximate surface area is 99.8 Å². The van der Waals surface area contributed by atoms with E-state index in [0.29, 0.717) is 12.6 Å². The lowest BCUT2D eigenvalue weighted by Gasteiger charge is -2.34. The summed E-state index contributed by atoms with van der Waals surface area (Å²) in [7, 11) is 0. The van der Waals surface area contributed by atoms with Gasteiger partial charge in [-0.3, -0.25) is 0 Å². The Hall–Kier alpha value is -0.0800. The zero-order valence-corrected chi connectivity index (χ0v) is 10.8. The van der Waals surface area contributed by atoms with Crippen LogP contribution >= 0.6 is 0 Å². The third-order valence-electron chi connectivity index (χ3n) is 4.87. The predicted octanol–water partition coefficient (Wildman–Crippen LogP) is 2.71. The lowest BCUT2D eigenvalue weighted by atomic mass is 9.78. The molecule has 0 bridgehead atoms. The van der Waals surface area contributed by atoms with Crippen LogP contribution in [0, 0.1) is 11.8 Å². The summed E-state index contributed by atoms with van der Waals surface area (Å²) in [5, 5.41) is 13.0. The Morgan fingerprint density at radius 3 is 2.31 bits per heavy atom. The maximum absolute atomic E-state index is 9.34. The first kappa shape index (κ1) is 12.4. The lowest BCUT2D eigenvalue weighted by Crippen LogP contribution is -2.46. The molecular formula is C14H27NO. The van der Waals surface area contributed by atoms with Gasteiger partial charge in [0.25, 0.3) is 0 Å². The molecule has 16 heavy (non-hydrogen) atoms. The van der Waals surface area contributed by atoms with E-state index in [0.717, 1.165) is 24.7 Å². The molecule has 2 saturated carbocycles. The van der Waals surface area contributed by atoms with Crippen molar-refractivity contribution in [3.8, 4) is 0 Å². The first-order valence-corrected chi connectivity index (χ1v) is 7.05. The van der Waals surface area contributed by atoms with Gasteiger partial charge in [0.2, 0.25) is 0 Å². The third kappa shape index (κ3) is 2.78. The molecule has 0 heterocycles. The summed E-state index contributed by atoms with van der Waals surface area (Å²) in [6.07, 6.45) is 9.43. The van der Waals surface area contributed by atoms with Gasteiger partial charge in [0, 0.05) is 11.6 Å². The van der Waals surface area contributed by atoms with Gasteiger partial charge >= 0.3 is 0 Å². The number of hydrogen-bond donors (Lipinski definition) is 2. The van der Waals surface area contributed by atoms with E-state index in [-0.39, 0.29) is 5.54 Å². The minimum atomic E-state index is 0.0995. The van der Waals surface area contributed by atoms with Gasteiger partial charge in [-0.15, -0.1) is 0 Å². The van der Waals surface area contributed by atoms with Crippen LogP contribution in [0.25, 0.3) is 0 Å². The molecule has 2 aliphatic rings. The Kier molecular flexibility index (Phi) is 3.91. The van der Waals surface area contributed by atoms with E-state index in [9.17, 15) is 5.11 Å². The molecule has 0 aromatic carbocycles. The standard InChI is InChI=1S/C14H27NO/c1-11(13-6-4-3-5-7-13)12(2)15-14(10-16)8-9-14/h11-13,15-16H,3-10H2,1-2H3. The molecule has 0 amide bonds. The molecule has 0 spiro atoms. The third-order valence-corrected chi connectivity index (χ3v) is 4.87. The summed E-state index contributed by atoms with van der Waals surface area (Å²) in [5.41, 5.74) is 0.0995. The quantitative estimate of drug-likeness (QED) is 0.754. The van der Waals surface area contributed by atoms with Gasteiger partial charge in [0.1, 0.15) is 0 Å². The summed E-state index contributed by atoms with van der Waals surface area (Å²) in [6.45, 7) is 5.00. The highest BCUT2D eigenvalue weighted by Crippen LogP contribution is 2.37. The molecule has 0 radical (unpaired) electrons. The van der Waals surface area contributed by atoms with Crippen LogP contribution in [0.1, 0.15) is 58.8 Å². The summed E-state index contributed by atoms with van der Waals surface area (Å²) in [5.74, 6) is 1.66. The fraction of sp³-hybridized carbons (Fsp3) is 1.00. The van der Waals surface area contributed by atoms with E-state index in [1.54, 1.807) is 0 Å². The van der Waals surface area contributed by atoms with E-state index in [2.05, 4.69) is 19.2 Å². The van der Waals surface area contributed by atoms with E-state index >= 15 is 0 Å². The van der Waals surface area contributed by atoms with Crippen LogP contribution < -0.4 is 5.32 Å². The van der Waals surface area contributed by atoms with Crippen molar-refractivity contribution in [1.29, 1.82) is 0 Å². The van der Waals surface area contributed by atoms with Crippen LogP contribution in [-0.2, 0) is 0 Å². The SMILES string of the molecule is CC(NC1(CO)CC1)C(C)C1CCCCC1.